The van der Waals surface area contributed by atoms with Crippen molar-refractivity contribution in [2.24, 2.45) is 0 Å². The number of aryl methyl sites for hydroxylation is 1. The van der Waals surface area contributed by atoms with Gasteiger partial charge in [0, 0.05) is 43.9 Å². The molecule has 152 valence electrons. The number of amides is 1. The molecule has 0 radical (unpaired) electrons. The molecule has 3 heterocycles. The summed E-state index contributed by atoms with van der Waals surface area (Å²) in [6.07, 6.45) is 2.10. The predicted octanol–water partition coefficient (Wildman–Crippen LogP) is 3.21. The molecule has 1 unspecified atom stereocenters. The van der Waals surface area contributed by atoms with Crippen molar-refractivity contribution in [3.8, 4) is 0 Å². The number of nitrogens with zero attached hydrogens (tertiary/aromatic N) is 4. The number of rotatable bonds is 7. The van der Waals surface area contributed by atoms with Crippen LogP contribution in [0.3, 0.4) is 0 Å². The molecule has 1 aromatic carbocycles. The summed E-state index contributed by atoms with van der Waals surface area (Å²) in [5.74, 6) is 1.91. The number of nitrogens with one attached hydrogen (secondary N) is 1. The first-order valence-corrected chi connectivity index (χ1v) is 11.1. The van der Waals surface area contributed by atoms with Gasteiger partial charge in [-0.25, -0.2) is 0 Å². The van der Waals surface area contributed by atoms with Crippen LogP contribution in [0.4, 0.5) is 0 Å². The maximum Gasteiger partial charge on any atom is 0.220 e. The summed E-state index contributed by atoms with van der Waals surface area (Å²) in [4.78, 5) is 16.3. The van der Waals surface area contributed by atoms with E-state index >= 15 is 0 Å². The highest BCUT2D eigenvalue weighted by atomic mass is 32.1. The number of fused-ring (bicyclic) bond motifs is 1. The van der Waals surface area contributed by atoms with Gasteiger partial charge in [-0.15, -0.1) is 21.5 Å². The Hall–Kier alpha value is -2.51. The van der Waals surface area contributed by atoms with Gasteiger partial charge in [-0.3, -0.25) is 9.69 Å². The molecule has 1 N–H and O–H groups in total. The first-order valence-electron chi connectivity index (χ1n) is 10.2. The van der Waals surface area contributed by atoms with Crippen LogP contribution in [0.1, 0.15) is 41.5 Å². The Morgan fingerprint density at radius 1 is 1.14 bits per heavy atom. The molecule has 0 fully saturated rings. The van der Waals surface area contributed by atoms with E-state index in [1.54, 1.807) is 11.3 Å². The first-order chi connectivity index (χ1) is 14.2. The second-order valence-electron chi connectivity index (χ2n) is 7.51. The van der Waals surface area contributed by atoms with Gasteiger partial charge < -0.3 is 9.88 Å². The Morgan fingerprint density at radius 2 is 2.00 bits per heavy atom. The smallest absolute Gasteiger partial charge is 0.220 e. The van der Waals surface area contributed by atoms with Gasteiger partial charge in [-0.05, 0) is 30.4 Å². The fourth-order valence-electron chi connectivity index (χ4n) is 3.77. The zero-order valence-electron chi connectivity index (χ0n) is 16.8. The van der Waals surface area contributed by atoms with Crippen LogP contribution in [0.25, 0.3) is 0 Å². The fourth-order valence-corrected chi connectivity index (χ4v) is 4.52. The van der Waals surface area contributed by atoms with Crippen LogP contribution in [0, 0.1) is 0 Å². The van der Waals surface area contributed by atoms with E-state index in [-0.39, 0.29) is 11.9 Å². The minimum absolute atomic E-state index is 0.0478. The lowest BCUT2D eigenvalue weighted by Crippen LogP contribution is -2.30. The Morgan fingerprint density at radius 3 is 2.79 bits per heavy atom. The van der Waals surface area contributed by atoms with E-state index in [9.17, 15) is 4.79 Å². The van der Waals surface area contributed by atoms with Crippen LogP contribution in [-0.4, -0.2) is 38.7 Å². The summed E-state index contributed by atoms with van der Waals surface area (Å²) < 4.78 is 2.19. The fraction of sp³-hybridized carbons (Fsp3) is 0.409. The number of carbonyl (C=O) groups is 1. The SMILES string of the molecule is CC(NC(=O)CCc1ccccc1)c1nnc2n1CCN(Cc1cccs1)CC2. The largest absolute Gasteiger partial charge is 0.346 e. The molecule has 0 saturated carbocycles. The van der Waals surface area contributed by atoms with Gasteiger partial charge in [0.1, 0.15) is 5.82 Å². The molecule has 29 heavy (non-hydrogen) atoms. The summed E-state index contributed by atoms with van der Waals surface area (Å²) in [6, 6.07) is 14.2. The zero-order chi connectivity index (χ0) is 20.1. The van der Waals surface area contributed by atoms with Gasteiger partial charge in [0.2, 0.25) is 5.91 Å². The molecular formula is C22H27N5OS. The third kappa shape index (κ3) is 5.10. The Bertz CT molecular complexity index is 922. The lowest BCUT2D eigenvalue weighted by atomic mass is 10.1. The maximum atomic E-state index is 12.4. The van der Waals surface area contributed by atoms with Crippen LogP contribution in [-0.2, 0) is 30.7 Å². The van der Waals surface area contributed by atoms with Crippen molar-refractivity contribution < 1.29 is 4.79 Å². The van der Waals surface area contributed by atoms with Gasteiger partial charge in [0.05, 0.1) is 6.04 Å². The predicted molar refractivity (Wildman–Crippen MR) is 115 cm³/mol. The average Bonchev–Trinajstić information content (AvgIpc) is 3.34. The van der Waals surface area contributed by atoms with Crippen molar-refractivity contribution >= 4 is 17.2 Å². The van der Waals surface area contributed by atoms with Gasteiger partial charge in [-0.1, -0.05) is 36.4 Å². The summed E-state index contributed by atoms with van der Waals surface area (Å²) in [7, 11) is 0. The van der Waals surface area contributed by atoms with E-state index in [1.165, 1.54) is 10.4 Å². The topological polar surface area (TPSA) is 63.1 Å². The highest BCUT2D eigenvalue weighted by Crippen LogP contribution is 2.18. The Labute approximate surface area is 175 Å². The number of hydrogen-bond acceptors (Lipinski definition) is 5. The van der Waals surface area contributed by atoms with E-state index in [1.807, 2.05) is 25.1 Å². The second-order valence-corrected chi connectivity index (χ2v) is 8.54. The number of thiophene rings is 1. The van der Waals surface area contributed by atoms with Crippen LogP contribution in [0.15, 0.2) is 47.8 Å². The molecule has 4 rings (SSSR count). The van der Waals surface area contributed by atoms with Crippen molar-refractivity contribution in [2.75, 3.05) is 13.1 Å². The lowest BCUT2D eigenvalue weighted by Gasteiger charge is -2.19. The molecule has 1 atom stereocenters. The molecule has 1 aliphatic heterocycles. The van der Waals surface area contributed by atoms with E-state index in [2.05, 4.69) is 54.6 Å². The van der Waals surface area contributed by atoms with E-state index in [4.69, 9.17) is 0 Å². The van der Waals surface area contributed by atoms with Crippen molar-refractivity contribution in [2.45, 2.75) is 45.3 Å². The van der Waals surface area contributed by atoms with Crippen LogP contribution in [0.2, 0.25) is 0 Å². The summed E-state index contributed by atoms with van der Waals surface area (Å²) in [5, 5.41) is 14.0. The van der Waals surface area contributed by atoms with E-state index in [0.29, 0.717) is 6.42 Å². The van der Waals surface area contributed by atoms with Crippen LogP contribution < -0.4 is 5.32 Å². The number of aromatic nitrogens is 3. The van der Waals surface area contributed by atoms with Crippen LogP contribution in [0.5, 0.6) is 0 Å². The maximum absolute atomic E-state index is 12.4. The highest BCUT2D eigenvalue weighted by molar-refractivity contribution is 7.09. The molecule has 1 aliphatic rings. The van der Waals surface area contributed by atoms with Gasteiger partial charge in [-0.2, -0.15) is 0 Å². The third-order valence-corrected chi connectivity index (χ3v) is 6.22. The summed E-state index contributed by atoms with van der Waals surface area (Å²) in [6.45, 7) is 5.77. The minimum Gasteiger partial charge on any atom is -0.346 e. The van der Waals surface area contributed by atoms with Crippen molar-refractivity contribution in [1.29, 1.82) is 0 Å². The highest BCUT2D eigenvalue weighted by Gasteiger charge is 2.22. The summed E-state index contributed by atoms with van der Waals surface area (Å²) in [5.41, 5.74) is 1.18. The van der Waals surface area contributed by atoms with Gasteiger partial charge in [0.25, 0.3) is 0 Å². The molecule has 1 amide bonds. The number of benzene rings is 1. The van der Waals surface area contributed by atoms with Crippen molar-refractivity contribution in [1.82, 2.24) is 25.0 Å². The van der Waals surface area contributed by atoms with Crippen LogP contribution >= 0.6 is 11.3 Å². The molecule has 0 aliphatic carbocycles. The zero-order valence-corrected chi connectivity index (χ0v) is 17.6. The first kappa shape index (κ1) is 19.8. The normalized spacial score (nSPS) is 15.5. The lowest BCUT2D eigenvalue weighted by molar-refractivity contribution is -0.121. The van der Waals surface area contributed by atoms with Crippen molar-refractivity contribution in [3.63, 3.8) is 0 Å². The van der Waals surface area contributed by atoms with Crippen molar-refractivity contribution in [3.05, 3.63) is 69.9 Å². The molecule has 7 heteroatoms. The quantitative estimate of drug-likeness (QED) is 0.651. The molecule has 0 bridgehead atoms. The summed E-state index contributed by atoms with van der Waals surface area (Å²) >= 11 is 1.80. The molecule has 0 saturated heterocycles. The molecular weight excluding hydrogens is 382 g/mol. The number of hydrogen-bond donors (Lipinski definition) is 1. The third-order valence-electron chi connectivity index (χ3n) is 5.36. The standard InChI is InChI=1S/C22H27N5OS/c1-17(23-21(28)10-9-18-6-3-2-4-7-18)22-25-24-20-11-12-26(13-14-27(20)22)16-19-8-5-15-29-19/h2-8,15,17H,9-14,16H2,1H3,(H,23,28). The van der Waals surface area contributed by atoms with E-state index < -0.39 is 0 Å². The monoisotopic (exact) mass is 409 g/mol. The molecule has 2 aromatic heterocycles. The Kier molecular flexibility index (Phi) is 6.36. The average molecular weight is 410 g/mol. The van der Waals surface area contributed by atoms with E-state index in [0.717, 1.165) is 50.7 Å². The number of carbonyl (C=O) groups excluding carboxylic acids is 1. The molecule has 3 aromatic rings. The Balaban J connectivity index is 1.33. The molecule has 6 nitrogen and oxygen atoms in total. The second kappa shape index (κ2) is 9.33. The minimum atomic E-state index is -0.150. The molecule has 0 spiro atoms. The van der Waals surface area contributed by atoms with Gasteiger partial charge in [0.15, 0.2) is 5.82 Å². The van der Waals surface area contributed by atoms with Gasteiger partial charge >= 0.3 is 0 Å².